The van der Waals surface area contributed by atoms with E-state index < -0.39 is 5.63 Å². The van der Waals surface area contributed by atoms with Crippen molar-refractivity contribution in [3.05, 3.63) is 58.0 Å². The third-order valence-corrected chi connectivity index (χ3v) is 4.49. The summed E-state index contributed by atoms with van der Waals surface area (Å²) < 4.78 is 5.28. The van der Waals surface area contributed by atoms with Gasteiger partial charge in [-0.1, -0.05) is 63.8 Å². The molecule has 1 aromatic heterocycles. The van der Waals surface area contributed by atoms with Crippen molar-refractivity contribution in [1.82, 2.24) is 0 Å². The third-order valence-electron chi connectivity index (χ3n) is 4.49. The standard InChI is InChI=1S/C19H20O3.C3H8/c1-13-15-9-5-6-10-17(15)22-19(21)18(13)16(20)12-11-14-7-3-2-4-8-14;1-3-2/h5-6,9-12,14H,2-4,7-8H2,1H3;3H2,1-2H3/b12-11+;. The molecule has 1 saturated carbocycles. The quantitative estimate of drug-likeness (QED) is 0.401. The van der Waals surface area contributed by atoms with Gasteiger partial charge < -0.3 is 4.42 Å². The summed E-state index contributed by atoms with van der Waals surface area (Å²) in [7, 11) is 0. The van der Waals surface area contributed by atoms with Gasteiger partial charge in [0.1, 0.15) is 11.1 Å². The number of carbonyl (C=O) groups excluding carboxylic acids is 1. The molecule has 0 aliphatic heterocycles. The average Bonchev–Trinajstić information content (AvgIpc) is 2.61. The summed E-state index contributed by atoms with van der Waals surface area (Å²) >= 11 is 0. The van der Waals surface area contributed by atoms with Gasteiger partial charge in [0.15, 0.2) is 5.78 Å². The molecule has 3 rings (SSSR count). The normalized spacial score (nSPS) is 15.2. The van der Waals surface area contributed by atoms with Crippen molar-refractivity contribution in [3.8, 4) is 0 Å². The number of benzene rings is 1. The molecule has 3 heteroatoms. The summed E-state index contributed by atoms with van der Waals surface area (Å²) in [6, 6.07) is 7.31. The number of carbonyl (C=O) groups is 1. The van der Waals surface area contributed by atoms with Crippen LogP contribution in [0.3, 0.4) is 0 Å². The first-order valence-corrected chi connectivity index (χ1v) is 9.33. The van der Waals surface area contributed by atoms with Gasteiger partial charge in [0.2, 0.25) is 0 Å². The number of allylic oxidation sites excluding steroid dienone is 2. The lowest BCUT2D eigenvalue weighted by atomic mass is 9.88. The molecule has 0 radical (unpaired) electrons. The van der Waals surface area contributed by atoms with Crippen LogP contribution in [0.15, 0.2) is 45.6 Å². The smallest absolute Gasteiger partial charge is 0.347 e. The van der Waals surface area contributed by atoms with Crippen LogP contribution >= 0.6 is 0 Å². The molecule has 1 aromatic carbocycles. The minimum atomic E-state index is -0.547. The number of rotatable bonds is 3. The van der Waals surface area contributed by atoms with Crippen molar-refractivity contribution in [2.45, 2.75) is 59.3 Å². The highest BCUT2D eigenvalue weighted by Crippen LogP contribution is 2.25. The van der Waals surface area contributed by atoms with E-state index in [1.54, 1.807) is 19.1 Å². The number of hydrogen-bond donors (Lipinski definition) is 0. The lowest BCUT2D eigenvalue weighted by Crippen LogP contribution is -2.15. The maximum absolute atomic E-state index is 12.4. The number of ketones is 1. The average molecular weight is 340 g/mol. The van der Waals surface area contributed by atoms with Crippen LogP contribution in [-0.4, -0.2) is 5.78 Å². The molecule has 1 fully saturated rings. The fraction of sp³-hybridized carbons (Fsp3) is 0.455. The van der Waals surface area contributed by atoms with Crippen LogP contribution in [0, 0.1) is 12.8 Å². The second kappa shape index (κ2) is 9.36. The zero-order valence-corrected chi connectivity index (χ0v) is 15.5. The summed E-state index contributed by atoms with van der Waals surface area (Å²) in [4.78, 5) is 24.6. The van der Waals surface area contributed by atoms with Crippen LogP contribution < -0.4 is 5.63 Å². The van der Waals surface area contributed by atoms with E-state index in [9.17, 15) is 9.59 Å². The first-order valence-electron chi connectivity index (χ1n) is 9.33. The van der Waals surface area contributed by atoms with Crippen molar-refractivity contribution < 1.29 is 9.21 Å². The molecule has 0 N–H and O–H groups in total. The third kappa shape index (κ3) is 4.91. The molecule has 1 aliphatic rings. The van der Waals surface area contributed by atoms with Gasteiger partial charge in [-0.05, 0) is 43.4 Å². The number of fused-ring (bicyclic) bond motifs is 1. The Morgan fingerprint density at radius 1 is 1.16 bits per heavy atom. The first-order chi connectivity index (χ1) is 12.1. The minimum Gasteiger partial charge on any atom is -0.422 e. The number of hydrogen-bond acceptors (Lipinski definition) is 3. The molecule has 0 amide bonds. The van der Waals surface area contributed by atoms with Crippen molar-refractivity contribution in [2.75, 3.05) is 0 Å². The van der Waals surface area contributed by atoms with Gasteiger partial charge in [-0.3, -0.25) is 4.79 Å². The van der Waals surface area contributed by atoms with E-state index in [0.717, 1.165) is 18.2 Å². The van der Waals surface area contributed by atoms with Crippen molar-refractivity contribution in [2.24, 2.45) is 5.92 Å². The molecule has 0 saturated heterocycles. The van der Waals surface area contributed by atoms with Gasteiger partial charge in [-0.15, -0.1) is 0 Å². The topological polar surface area (TPSA) is 47.3 Å². The van der Waals surface area contributed by atoms with E-state index in [2.05, 4.69) is 13.8 Å². The molecule has 1 aliphatic carbocycles. The molecule has 0 unspecified atom stereocenters. The Morgan fingerprint density at radius 2 is 1.80 bits per heavy atom. The Labute approximate surface area is 149 Å². The summed E-state index contributed by atoms with van der Waals surface area (Å²) in [6.45, 7) is 6.06. The Bertz CT molecular complexity index is 793. The van der Waals surface area contributed by atoms with Crippen LogP contribution in [0.1, 0.15) is 68.3 Å². The minimum absolute atomic E-state index is 0.158. The Kier molecular flexibility index (Phi) is 7.17. The fourth-order valence-electron chi connectivity index (χ4n) is 3.22. The summed E-state index contributed by atoms with van der Waals surface area (Å²) in [6.07, 6.45) is 10.8. The summed E-state index contributed by atoms with van der Waals surface area (Å²) in [5.41, 5.74) is 0.836. The van der Waals surface area contributed by atoms with Crippen LogP contribution in [0.5, 0.6) is 0 Å². The molecule has 0 atom stereocenters. The van der Waals surface area contributed by atoms with E-state index >= 15 is 0 Å². The summed E-state index contributed by atoms with van der Waals surface area (Å²) in [5, 5.41) is 0.816. The molecule has 25 heavy (non-hydrogen) atoms. The second-order valence-electron chi connectivity index (χ2n) is 6.71. The summed E-state index contributed by atoms with van der Waals surface area (Å²) in [5.74, 6) is 0.216. The monoisotopic (exact) mass is 340 g/mol. The molecule has 0 bridgehead atoms. The molecule has 3 nitrogen and oxygen atoms in total. The van der Waals surface area contributed by atoms with Crippen LogP contribution in [-0.2, 0) is 0 Å². The lowest BCUT2D eigenvalue weighted by molar-refractivity contribution is 0.104. The fourth-order valence-corrected chi connectivity index (χ4v) is 3.22. The van der Waals surface area contributed by atoms with Crippen LogP contribution in [0.2, 0.25) is 0 Å². The first kappa shape index (κ1) is 19.2. The predicted molar refractivity (Wildman–Crippen MR) is 103 cm³/mol. The maximum atomic E-state index is 12.4. The second-order valence-corrected chi connectivity index (χ2v) is 6.71. The number of aryl methyl sites for hydroxylation is 1. The van der Waals surface area contributed by atoms with E-state index in [0.29, 0.717) is 17.1 Å². The van der Waals surface area contributed by atoms with E-state index in [4.69, 9.17) is 4.42 Å². The van der Waals surface area contributed by atoms with Gasteiger partial charge >= 0.3 is 5.63 Å². The zero-order chi connectivity index (χ0) is 18.2. The Morgan fingerprint density at radius 3 is 2.48 bits per heavy atom. The van der Waals surface area contributed by atoms with Crippen LogP contribution in [0.4, 0.5) is 0 Å². The van der Waals surface area contributed by atoms with Gasteiger partial charge in [0, 0.05) is 5.39 Å². The predicted octanol–water partition coefficient (Wildman–Crippen LogP) is 5.84. The zero-order valence-electron chi connectivity index (χ0n) is 15.5. The molecule has 1 heterocycles. The SMILES string of the molecule is CCC.Cc1c(C(=O)/C=C/C2CCCCC2)c(=O)oc2ccccc12. The van der Waals surface area contributed by atoms with E-state index in [1.807, 2.05) is 24.3 Å². The van der Waals surface area contributed by atoms with Gasteiger partial charge in [-0.25, -0.2) is 4.79 Å². The van der Waals surface area contributed by atoms with Crippen LogP contribution in [0.25, 0.3) is 11.0 Å². The molecular weight excluding hydrogens is 312 g/mol. The van der Waals surface area contributed by atoms with E-state index in [1.165, 1.54) is 25.7 Å². The van der Waals surface area contributed by atoms with Crippen molar-refractivity contribution in [3.63, 3.8) is 0 Å². The highest BCUT2D eigenvalue weighted by Gasteiger charge is 2.17. The van der Waals surface area contributed by atoms with Gasteiger partial charge in [0.25, 0.3) is 0 Å². The van der Waals surface area contributed by atoms with E-state index in [-0.39, 0.29) is 11.3 Å². The van der Waals surface area contributed by atoms with Gasteiger partial charge in [-0.2, -0.15) is 0 Å². The molecular formula is C22H28O3. The molecule has 134 valence electrons. The Hall–Kier alpha value is -2.16. The maximum Gasteiger partial charge on any atom is 0.347 e. The highest BCUT2D eigenvalue weighted by atomic mass is 16.4. The van der Waals surface area contributed by atoms with Crippen molar-refractivity contribution >= 4 is 16.8 Å². The number of para-hydroxylation sites is 1. The lowest BCUT2D eigenvalue weighted by Gasteiger charge is -2.17. The molecule has 0 spiro atoms. The largest absolute Gasteiger partial charge is 0.422 e. The highest BCUT2D eigenvalue weighted by molar-refractivity contribution is 6.07. The van der Waals surface area contributed by atoms with Gasteiger partial charge in [0.05, 0.1) is 0 Å². The van der Waals surface area contributed by atoms with Crippen molar-refractivity contribution in [1.29, 1.82) is 0 Å². The Balaban J connectivity index is 0.000000701. The molecule has 2 aromatic rings.